The lowest BCUT2D eigenvalue weighted by Gasteiger charge is -2.06. The van der Waals surface area contributed by atoms with Gasteiger partial charge in [0.2, 0.25) is 0 Å². The average Bonchev–Trinajstić information content (AvgIpc) is 2.88. The zero-order chi connectivity index (χ0) is 14.5. The van der Waals surface area contributed by atoms with E-state index in [1.165, 1.54) is 4.88 Å². The quantitative estimate of drug-likeness (QED) is 0.854. The summed E-state index contributed by atoms with van der Waals surface area (Å²) in [7, 11) is 3.94. The first kappa shape index (κ1) is 14.5. The highest BCUT2D eigenvalue weighted by atomic mass is 32.1. The summed E-state index contributed by atoms with van der Waals surface area (Å²) in [6, 6.07) is 6.90. The first-order valence-corrected chi connectivity index (χ1v) is 7.03. The molecule has 0 aliphatic carbocycles. The number of rotatable bonds is 6. The molecule has 1 aromatic carbocycles. The molecule has 0 spiro atoms. The first-order chi connectivity index (χ1) is 9.56. The van der Waals surface area contributed by atoms with Gasteiger partial charge in [0.1, 0.15) is 0 Å². The second kappa shape index (κ2) is 6.49. The van der Waals surface area contributed by atoms with Gasteiger partial charge in [-0.3, -0.25) is 0 Å². The minimum Gasteiger partial charge on any atom is -0.478 e. The molecule has 0 bridgehead atoms. The number of benzene rings is 1. The van der Waals surface area contributed by atoms with Crippen LogP contribution in [-0.4, -0.2) is 30.2 Å². The van der Waals surface area contributed by atoms with Crippen molar-refractivity contribution in [3.63, 3.8) is 0 Å². The largest absolute Gasteiger partial charge is 0.478 e. The van der Waals surface area contributed by atoms with Crippen LogP contribution in [0.1, 0.15) is 20.8 Å². The van der Waals surface area contributed by atoms with Crippen LogP contribution in [0.15, 0.2) is 30.5 Å². The molecule has 0 radical (unpaired) electrons. The summed E-state index contributed by atoms with van der Waals surface area (Å²) < 4.78 is 0. The molecule has 2 aromatic rings. The zero-order valence-electron chi connectivity index (χ0n) is 11.5. The van der Waals surface area contributed by atoms with E-state index in [1.807, 2.05) is 37.3 Å². The minimum absolute atomic E-state index is 0.312. The van der Waals surface area contributed by atoms with Crippen molar-refractivity contribution in [2.75, 3.05) is 19.0 Å². The summed E-state index contributed by atoms with van der Waals surface area (Å²) in [5.74, 6) is -0.898. The van der Waals surface area contributed by atoms with Gasteiger partial charge in [-0.15, -0.1) is 11.3 Å². The van der Waals surface area contributed by atoms with E-state index in [2.05, 4.69) is 10.3 Å². The smallest absolute Gasteiger partial charge is 0.335 e. The van der Waals surface area contributed by atoms with Crippen LogP contribution in [0.3, 0.4) is 0 Å². The van der Waals surface area contributed by atoms with Crippen LogP contribution in [-0.2, 0) is 13.1 Å². The highest BCUT2D eigenvalue weighted by Crippen LogP contribution is 2.20. The van der Waals surface area contributed by atoms with Crippen molar-refractivity contribution < 1.29 is 9.90 Å². The third-order valence-electron chi connectivity index (χ3n) is 2.75. The molecular weight excluding hydrogens is 274 g/mol. The Morgan fingerprint density at radius 2 is 2.00 bits per heavy atom. The molecule has 0 fully saturated rings. The van der Waals surface area contributed by atoms with Crippen LogP contribution in [0, 0.1) is 0 Å². The van der Waals surface area contributed by atoms with Gasteiger partial charge < -0.3 is 15.3 Å². The fourth-order valence-corrected chi connectivity index (χ4v) is 2.48. The second-order valence-electron chi connectivity index (χ2n) is 4.61. The number of hydrogen-bond donors (Lipinski definition) is 2. The van der Waals surface area contributed by atoms with E-state index in [0.29, 0.717) is 12.1 Å². The van der Waals surface area contributed by atoms with Crippen LogP contribution >= 0.6 is 11.3 Å². The van der Waals surface area contributed by atoms with Crippen molar-refractivity contribution in [3.05, 3.63) is 46.5 Å². The number of nitrogens with zero attached hydrogens (tertiary/aromatic N) is 2. The second-order valence-corrected chi connectivity index (χ2v) is 5.70. The van der Waals surface area contributed by atoms with E-state index in [9.17, 15) is 4.79 Å². The molecule has 0 amide bonds. The molecule has 20 heavy (non-hydrogen) atoms. The summed E-state index contributed by atoms with van der Waals surface area (Å²) in [6.45, 7) is 1.46. The molecule has 106 valence electrons. The topological polar surface area (TPSA) is 65.5 Å². The maximum atomic E-state index is 10.7. The molecule has 0 aliphatic heterocycles. The summed E-state index contributed by atoms with van der Waals surface area (Å²) in [4.78, 5) is 18.2. The summed E-state index contributed by atoms with van der Waals surface area (Å²) in [5, 5.41) is 13.1. The third-order valence-corrected chi connectivity index (χ3v) is 3.92. The lowest BCUT2D eigenvalue weighted by molar-refractivity contribution is 0.0697. The van der Waals surface area contributed by atoms with Gasteiger partial charge in [-0.2, -0.15) is 0 Å². The predicted molar refractivity (Wildman–Crippen MR) is 80.4 cm³/mol. The van der Waals surface area contributed by atoms with Crippen LogP contribution < -0.4 is 10.2 Å². The Balaban J connectivity index is 1.84. The summed E-state index contributed by atoms with van der Waals surface area (Å²) >= 11 is 1.66. The van der Waals surface area contributed by atoms with Crippen molar-refractivity contribution in [1.82, 2.24) is 10.3 Å². The van der Waals surface area contributed by atoms with Crippen LogP contribution in [0.5, 0.6) is 0 Å². The summed E-state index contributed by atoms with van der Waals surface area (Å²) in [5.41, 5.74) is 1.37. The molecule has 0 saturated heterocycles. The molecule has 0 unspecified atom stereocenters. The molecule has 2 N–H and O–H groups in total. The van der Waals surface area contributed by atoms with Gasteiger partial charge in [-0.05, 0) is 17.7 Å². The Bertz CT molecular complexity index is 578. The standard InChI is InChI=1S/C14H17N3O2S/c1-17(2)14-16-9-12(20-14)8-15-7-10-3-5-11(6-4-10)13(18)19/h3-6,9,15H,7-8H2,1-2H3,(H,18,19). The van der Waals surface area contributed by atoms with E-state index in [4.69, 9.17) is 5.11 Å². The SMILES string of the molecule is CN(C)c1ncc(CNCc2ccc(C(=O)O)cc2)s1. The van der Waals surface area contributed by atoms with Crippen molar-refractivity contribution in [2.24, 2.45) is 0 Å². The van der Waals surface area contributed by atoms with Crippen LogP contribution in [0.25, 0.3) is 0 Å². The van der Waals surface area contributed by atoms with Gasteiger partial charge in [0.05, 0.1) is 5.56 Å². The Hall–Kier alpha value is -1.92. The highest BCUT2D eigenvalue weighted by Gasteiger charge is 2.04. The maximum Gasteiger partial charge on any atom is 0.335 e. The van der Waals surface area contributed by atoms with E-state index < -0.39 is 5.97 Å². The number of carboxylic acid groups (broad SMARTS) is 1. The maximum absolute atomic E-state index is 10.7. The third kappa shape index (κ3) is 3.79. The van der Waals surface area contributed by atoms with E-state index in [-0.39, 0.29) is 0 Å². The predicted octanol–water partition coefficient (Wildman–Crippen LogP) is 2.20. The zero-order valence-corrected chi connectivity index (χ0v) is 12.3. The van der Waals surface area contributed by atoms with Crippen molar-refractivity contribution >= 4 is 22.4 Å². The molecule has 0 atom stereocenters. The number of thiazole rings is 1. The molecule has 6 heteroatoms. The molecule has 2 rings (SSSR count). The molecule has 1 aromatic heterocycles. The highest BCUT2D eigenvalue weighted by molar-refractivity contribution is 7.15. The lowest BCUT2D eigenvalue weighted by atomic mass is 10.1. The number of carbonyl (C=O) groups is 1. The number of hydrogen-bond acceptors (Lipinski definition) is 5. The first-order valence-electron chi connectivity index (χ1n) is 6.21. The van der Waals surface area contributed by atoms with E-state index >= 15 is 0 Å². The Morgan fingerprint density at radius 3 is 2.55 bits per heavy atom. The number of nitrogens with one attached hydrogen (secondary N) is 1. The lowest BCUT2D eigenvalue weighted by Crippen LogP contribution is -2.12. The molecular formula is C14H17N3O2S. The van der Waals surface area contributed by atoms with E-state index in [1.54, 1.807) is 23.5 Å². The number of aromatic carboxylic acids is 1. The number of carboxylic acids is 1. The Labute approximate surface area is 121 Å². The van der Waals surface area contributed by atoms with Gasteiger partial charge in [0, 0.05) is 38.3 Å². The fraction of sp³-hybridized carbons (Fsp3) is 0.286. The van der Waals surface area contributed by atoms with Crippen molar-refractivity contribution in [2.45, 2.75) is 13.1 Å². The number of aromatic nitrogens is 1. The Kier molecular flexibility index (Phi) is 4.70. The molecule has 1 heterocycles. The summed E-state index contributed by atoms with van der Waals surface area (Å²) in [6.07, 6.45) is 1.88. The number of anilines is 1. The monoisotopic (exact) mass is 291 g/mol. The fourth-order valence-electron chi connectivity index (χ4n) is 1.68. The molecule has 5 nitrogen and oxygen atoms in total. The van der Waals surface area contributed by atoms with Gasteiger partial charge in [-0.1, -0.05) is 12.1 Å². The van der Waals surface area contributed by atoms with Crippen molar-refractivity contribution in [1.29, 1.82) is 0 Å². The molecule has 0 aliphatic rings. The van der Waals surface area contributed by atoms with Crippen LogP contribution in [0.4, 0.5) is 5.13 Å². The Morgan fingerprint density at radius 1 is 1.30 bits per heavy atom. The minimum atomic E-state index is -0.898. The van der Waals surface area contributed by atoms with Gasteiger partial charge >= 0.3 is 5.97 Å². The normalized spacial score (nSPS) is 10.5. The van der Waals surface area contributed by atoms with E-state index in [0.717, 1.165) is 17.2 Å². The van der Waals surface area contributed by atoms with Crippen molar-refractivity contribution in [3.8, 4) is 0 Å². The van der Waals surface area contributed by atoms with Gasteiger partial charge in [-0.25, -0.2) is 9.78 Å². The molecule has 0 saturated carbocycles. The average molecular weight is 291 g/mol. The van der Waals surface area contributed by atoms with Crippen LogP contribution in [0.2, 0.25) is 0 Å². The van der Waals surface area contributed by atoms with Gasteiger partial charge in [0.15, 0.2) is 5.13 Å². The van der Waals surface area contributed by atoms with Gasteiger partial charge in [0.25, 0.3) is 0 Å².